The van der Waals surface area contributed by atoms with Crippen LogP contribution in [-0.4, -0.2) is 6.54 Å². The van der Waals surface area contributed by atoms with Gasteiger partial charge in [0.05, 0.1) is 0 Å². The van der Waals surface area contributed by atoms with Crippen molar-refractivity contribution in [1.29, 1.82) is 0 Å². The van der Waals surface area contributed by atoms with Crippen LogP contribution >= 0.6 is 27.3 Å². The molecule has 0 radical (unpaired) electrons. The summed E-state index contributed by atoms with van der Waals surface area (Å²) in [6.07, 6.45) is 1.16. The highest BCUT2D eigenvalue weighted by molar-refractivity contribution is 9.10. The Morgan fingerprint density at radius 3 is 3.00 bits per heavy atom. The summed E-state index contributed by atoms with van der Waals surface area (Å²) in [5.41, 5.74) is 4.34. The maximum absolute atomic E-state index is 3.51. The van der Waals surface area contributed by atoms with Crippen LogP contribution in [0.4, 0.5) is 0 Å². The summed E-state index contributed by atoms with van der Waals surface area (Å²) in [4.78, 5) is 1.37. The van der Waals surface area contributed by atoms with Crippen LogP contribution in [0.25, 0.3) is 0 Å². The maximum atomic E-state index is 3.51. The minimum atomic E-state index is 0.933. The molecule has 0 saturated carbocycles. The van der Waals surface area contributed by atoms with Gasteiger partial charge in [-0.1, -0.05) is 18.2 Å². The van der Waals surface area contributed by atoms with E-state index in [4.69, 9.17) is 0 Å². The molecule has 0 atom stereocenters. The lowest BCUT2D eigenvalue weighted by Crippen LogP contribution is -2.24. The second-order valence-corrected chi connectivity index (χ2v) is 6.78. The molecule has 2 N–H and O–H groups in total. The van der Waals surface area contributed by atoms with Gasteiger partial charge in [-0.3, -0.25) is 0 Å². The van der Waals surface area contributed by atoms with E-state index < -0.39 is 0 Å². The Labute approximate surface area is 126 Å². The summed E-state index contributed by atoms with van der Waals surface area (Å²) in [6.45, 7) is 3.99. The monoisotopic (exact) mass is 336 g/mol. The number of benzene rings is 1. The molecule has 0 bridgehead atoms. The fourth-order valence-corrected chi connectivity index (χ4v) is 3.84. The van der Waals surface area contributed by atoms with Gasteiger partial charge < -0.3 is 10.6 Å². The molecule has 0 amide bonds. The lowest BCUT2D eigenvalue weighted by molar-refractivity contribution is 0.639. The van der Waals surface area contributed by atoms with E-state index in [2.05, 4.69) is 56.2 Å². The molecule has 2 nitrogen and oxygen atoms in total. The zero-order valence-electron chi connectivity index (χ0n) is 10.7. The molecule has 0 saturated heterocycles. The summed E-state index contributed by atoms with van der Waals surface area (Å²) in [7, 11) is 0. The third kappa shape index (κ3) is 3.45. The first kappa shape index (κ1) is 13.3. The van der Waals surface area contributed by atoms with Crippen molar-refractivity contribution in [2.75, 3.05) is 6.54 Å². The van der Waals surface area contributed by atoms with Gasteiger partial charge in [-0.25, -0.2) is 0 Å². The van der Waals surface area contributed by atoms with Crippen molar-refractivity contribution in [2.24, 2.45) is 0 Å². The largest absolute Gasteiger partial charge is 0.312 e. The molecule has 0 unspecified atom stereocenters. The molecule has 1 aromatic carbocycles. The zero-order chi connectivity index (χ0) is 13.1. The lowest BCUT2D eigenvalue weighted by atomic mass is 9.98. The third-order valence-electron chi connectivity index (χ3n) is 3.41. The van der Waals surface area contributed by atoms with Crippen molar-refractivity contribution in [3.63, 3.8) is 0 Å². The third-order valence-corrected chi connectivity index (χ3v) is 5.10. The Balaban J connectivity index is 1.58. The summed E-state index contributed by atoms with van der Waals surface area (Å²) >= 11 is 5.27. The molecule has 2 heterocycles. The van der Waals surface area contributed by atoms with Crippen molar-refractivity contribution >= 4 is 27.3 Å². The highest BCUT2D eigenvalue weighted by Gasteiger charge is 2.08. The first-order valence-corrected chi connectivity index (χ1v) is 8.23. The fourth-order valence-electron chi connectivity index (χ4n) is 2.42. The molecule has 3 rings (SSSR count). The van der Waals surface area contributed by atoms with Gasteiger partial charge in [-0.15, -0.1) is 11.3 Å². The van der Waals surface area contributed by atoms with Gasteiger partial charge in [0, 0.05) is 34.4 Å². The van der Waals surface area contributed by atoms with E-state index in [9.17, 15) is 0 Å². The molecule has 19 heavy (non-hydrogen) atoms. The van der Waals surface area contributed by atoms with Crippen LogP contribution in [0, 0.1) is 0 Å². The van der Waals surface area contributed by atoms with E-state index in [1.165, 1.54) is 26.0 Å². The number of halogens is 1. The second-order valence-electron chi connectivity index (χ2n) is 4.86. The Bertz CT molecular complexity index is 565. The van der Waals surface area contributed by atoms with E-state index >= 15 is 0 Å². The second kappa shape index (κ2) is 6.18. The summed E-state index contributed by atoms with van der Waals surface area (Å²) in [6, 6.07) is 9.05. The molecule has 1 aliphatic heterocycles. The number of hydrogen-bond acceptors (Lipinski definition) is 3. The van der Waals surface area contributed by atoms with Crippen LogP contribution in [0.1, 0.15) is 21.6 Å². The minimum absolute atomic E-state index is 0.933. The SMILES string of the molecule is Brc1csc(CNCc2ccc3c(c2)CNCC3)c1. The average molecular weight is 337 g/mol. The van der Waals surface area contributed by atoms with Crippen molar-refractivity contribution in [2.45, 2.75) is 26.1 Å². The molecule has 0 aliphatic carbocycles. The van der Waals surface area contributed by atoms with Gasteiger partial charge >= 0.3 is 0 Å². The van der Waals surface area contributed by atoms with E-state index in [1.54, 1.807) is 11.3 Å². The number of thiophene rings is 1. The maximum Gasteiger partial charge on any atom is 0.0303 e. The Hall–Kier alpha value is -0.680. The number of hydrogen-bond donors (Lipinski definition) is 2. The minimum Gasteiger partial charge on any atom is -0.312 e. The number of fused-ring (bicyclic) bond motifs is 1. The van der Waals surface area contributed by atoms with Crippen molar-refractivity contribution in [1.82, 2.24) is 10.6 Å². The van der Waals surface area contributed by atoms with Gasteiger partial charge in [0.2, 0.25) is 0 Å². The highest BCUT2D eigenvalue weighted by atomic mass is 79.9. The lowest BCUT2D eigenvalue weighted by Gasteiger charge is -2.18. The van der Waals surface area contributed by atoms with Crippen LogP contribution in [-0.2, 0) is 26.1 Å². The van der Waals surface area contributed by atoms with E-state index in [0.29, 0.717) is 0 Å². The smallest absolute Gasteiger partial charge is 0.0303 e. The number of rotatable bonds is 4. The quantitative estimate of drug-likeness (QED) is 0.893. The molecular weight excluding hydrogens is 320 g/mol. The molecule has 1 aliphatic rings. The molecule has 100 valence electrons. The normalized spacial score (nSPS) is 14.4. The summed E-state index contributed by atoms with van der Waals surface area (Å²) in [5, 5.41) is 9.06. The van der Waals surface area contributed by atoms with E-state index in [1.807, 2.05) is 0 Å². The molecule has 0 spiro atoms. The van der Waals surface area contributed by atoms with Crippen LogP contribution in [0.3, 0.4) is 0 Å². The van der Waals surface area contributed by atoms with Gasteiger partial charge in [0.1, 0.15) is 0 Å². The Morgan fingerprint density at radius 2 is 2.16 bits per heavy atom. The van der Waals surface area contributed by atoms with Crippen LogP contribution < -0.4 is 10.6 Å². The average Bonchev–Trinajstić information content (AvgIpc) is 2.84. The first-order valence-electron chi connectivity index (χ1n) is 6.56. The summed E-state index contributed by atoms with van der Waals surface area (Å²) in [5.74, 6) is 0. The predicted molar refractivity (Wildman–Crippen MR) is 84.4 cm³/mol. The molecule has 4 heteroatoms. The standard InChI is InChI=1S/C15H17BrN2S/c16-14-6-15(19-10-14)9-18-7-11-1-2-12-3-4-17-8-13(12)5-11/h1-2,5-6,10,17-18H,3-4,7-9H2. The van der Waals surface area contributed by atoms with Gasteiger partial charge in [0.25, 0.3) is 0 Å². The van der Waals surface area contributed by atoms with Crippen molar-refractivity contribution in [3.05, 3.63) is 55.7 Å². The van der Waals surface area contributed by atoms with Crippen molar-refractivity contribution < 1.29 is 0 Å². The molecule has 0 fully saturated rings. The zero-order valence-corrected chi connectivity index (χ0v) is 13.1. The molecule has 2 aromatic rings. The molecular formula is C15H17BrN2S. The highest BCUT2D eigenvalue weighted by Crippen LogP contribution is 2.20. The number of nitrogens with one attached hydrogen (secondary N) is 2. The van der Waals surface area contributed by atoms with Gasteiger partial charge in [-0.05, 0) is 51.7 Å². The molecule has 1 aromatic heterocycles. The van der Waals surface area contributed by atoms with Crippen LogP contribution in [0.5, 0.6) is 0 Å². The van der Waals surface area contributed by atoms with Crippen molar-refractivity contribution in [3.8, 4) is 0 Å². The Kier molecular flexibility index (Phi) is 4.33. The fraction of sp³-hybridized carbons (Fsp3) is 0.333. The van der Waals surface area contributed by atoms with Gasteiger partial charge in [-0.2, -0.15) is 0 Å². The first-order chi connectivity index (χ1) is 9.31. The topological polar surface area (TPSA) is 24.1 Å². The van der Waals surface area contributed by atoms with Gasteiger partial charge in [0.15, 0.2) is 0 Å². The van der Waals surface area contributed by atoms with E-state index in [-0.39, 0.29) is 0 Å². The summed E-state index contributed by atoms with van der Waals surface area (Å²) < 4.78 is 1.18. The predicted octanol–water partition coefficient (Wildman–Crippen LogP) is 3.45. The van der Waals surface area contributed by atoms with Crippen LogP contribution in [0.2, 0.25) is 0 Å². The Morgan fingerprint density at radius 1 is 1.21 bits per heavy atom. The van der Waals surface area contributed by atoms with E-state index in [0.717, 1.165) is 32.6 Å². The van der Waals surface area contributed by atoms with Crippen LogP contribution in [0.15, 0.2) is 34.1 Å².